The van der Waals surface area contributed by atoms with Gasteiger partial charge in [-0.15, -0.1) is 11.3 Å². The molecule has 66 valence electrons. The summed E-state index contributed by atoms with van der Waals surface area (Å²) < 4.78 is 36.5. The zero-order chi connectivity index (χ0) is 9.35. The number of hydrogen-bond acceptors (Lipinski definition) is 2. The molecule has 1 aromatic heterocycles. The Hall–Kier alpha value is 0.861. The normalized spacial score (nSPS) is 10.8. The Morgan fingerprint density at radius 3 is 2.31 bits per heavy atom. The number of carbonyl (C=O) groups excluding carboxylic acids is 1. The summed E-state index contributed by atoms with van der Waals surface area (Å²) in [5.74, 6) is -0.529. The first-order chi connectivity index (χ1) is 5.43. The predicted molar refractivity (Wildman–Crippen MR) is 43.0 cm³/mol. The van der Waals surface area contributed by atoms with E-state index in [0.29, 0.717) is 0 Å². The second-order valence-electron chi connectivity index (χ2n) is 2.34. The van der Waals surface area contributed by atoms with Crippen LogP contribution in [0.5, 0.6) is 0 Å². The van der Waals surface area contributed by atoms with Crippen LogP contribution >= 0.6 is 11.3 Å². The minimum Gasteiger partial charge on any atom is -0.445 e. The molecule has 0 spiro atoms. The fraction of sp³-hybridized carbons (Fsp3) is 0.167. The van der Waals surface area contributed by atoms with Gasteiger partial charge in [0.1, 0.15) is 0 Å². The predicted octanol–water partition coefficient (Wildman–Crippen LogP) is -0.991. The molecule has 0 bridgehead atoms. The van der Waals surface area contributed by atoms with E-state index >= 15 is 0 Å². The summed E-state index contributed by atoms with van der Waals surface area (Å²) in [5, 5.41) is 1.28. The second-order valence-corrected chi connectivity index (χ2v) is 3.25. The van der Waals surface area contributed by atoms with Crippen LogP contribution in [0.3, 0.4) is 0 Å². The van der Waals surface area contributed by atoms with E-state index in [4.69, 9.17) is 0 Å². The molecule has 7 heteroatoms. The van der Waals surface area contributed by atoms with Crippen molar-refractivity contribution < 1.29 is 69.1 Å². The van der Waals surface area contributed by atoms with Crippen LogP contribution in [0, 0.1) is 0 Å². The van der Waals surface area contributed by atoms with Gasteiger partial charge in [0.15, 0.2) is 5.78 Å². The van der Waals surface area contributed by atoms with Gasteiger partial charge >= 0.3 is 58.4 Å². The molecule has 1 rings (SSSR count). The fourth-order valence-electron chi connectivity index (χ4n) is 0.863. The van der Waals surface area contributed by atoms with E-state index in [1.165, 1.54) is 5.38 Å². The Morgan fingerprint density at radius 2 is 2.00 bits per heavy atom. The molecule has 0 atom stereocenters. The zero-order valence-corrected chi connectivity index (χ0v) is 11.1. The van der Waals surface area contributed by atoms with Gasteiger partial charge in [-0.05, 0) is 12.3 Å². The van der Waals surface area contributed by atoms with E-state index in [1.54, 1.807) is 0 Å². The molecule has 1 aromatic rings. The summed E-state index contributed by atoms with van der Waals surface area (Å²) in [4.78, 5) is 10.5. The maximum absolute atomic E-state index is 12.2. The van der Waals surface area contributed by atoms with E-state index in [-0.39, 0.29) is 56.3 Å². The molecule has 0 saturated heterocycles. The molecule has 13 heavy (non-hydrogen) atoms. The maximum atomic E-state index is 12.2. The van der Waals surface area contributed by atoms with Crippen molar-refractivity contribution >= 4 is 29.6 Å². The minimum atomic E-state index is -5.04. The Kier molecular flexibility index (Phi) is 5.42. The standard InChI is InChI=1S/C6H5BF3OS.K/c1-4(11)6-5(2-3-12-6)7(8,9)10;/h2-3H,1H3;/q-1;+1. The van der Waals surface area contributed by atoms with Crippen LogP contribution in [-0.2, 0) is 0 Å². The SMILES string of the molecule is CC(=O)c1sccc1[B-](F)(F)F.[K+]. The third-order valence-corrected chi connectivity index (χ3v) is 2.40. The van der Waals surface area contributed by atoms with Crippen molar-refractivity contribution in [3.8, 4) is 0 Å². The summed E-state index contributed by atoms with van der Waals surface area (Å²) in [5.41, 5.74) is -0.771. The van der Waals surface area contributed by atoms with Crippen LogP contribution in [0.1, 0.15) is 16.6 Å². The summed E-state index contributed by atoms with van der Waals surface area (Å²) in [7, 11) is 0. The van der Waals surface area contributed by atoms with Gasteiger partial charge in [-0.2, -0.15) is 0 Å². The van der Waals surface area contributed by atoms with Gasteiger partial charge in [0.05, 0.1) is 0 Å². The van der Waals surface area contributed by atoms with Crippen molar-refractivity contribution in [2.75, 3.05) is 0 Å². The molecule has 0 saturated carbocycles. The first-order valence-electron chi connectivity index (χ1n) is 3.21. The van der Waals surface area contributed by atoms with Crippen molar-refractivity contribution in [3.05, 3.63) is 16.3 Å². The first-order valence-corrected chi connectivity index (χ1v) is 4.09. The number of hydrogen-bond donors (Lipinski definition) is 0. The largest absolute Gasteiger partial charge is 1.00 e. The van der Waals surface area contributed by atoms with E-state index < -0.39 is 18.2 Å². The van der Waals surface area contributed by atoms with E-state index in [1.807, 2.05) is 0 Å². The van der Waals surface area contributed by atoms with E-state index in [0.717, 1.165) is 24.3 Å². The Bertz CT molecular complexity index is 309. The monoisotopic (exact) mass is 232 g/mol. The van der Waals surface area contributed by atoms with Crippen molar-refractivity contribution in [2.24, 2.45) is 0 Å². The average molecular weight is 232 g/mol. The first kappa shape index (κ1) is 13.9. The number of thiophene rings is 1. The Balaban J connectivity index is 0.00000144. The topological polar surface area (TPSA) is 17.1 Å². The molecule has 0 radical (unpaired) electrons. The smallest absolute Gasteiger partial charge is 0.445 e. The molecular formula is C6H5BF3KOS. The molecule has 0 aliphatic carbocycles. The van der Waals surface area contributed by atoms with Gasteiger partial charge in [-0.1, -0.05) is 11.5 Å². The number of ketones is 1. The number of Topliss-reactive ketones (excluding diaryl/α,β-unsaturated/α-hetero) is 1. The molecular weight excluding hydrogens is 227 g/mol. The Morgan fingerprint density at radius 1 is 1.46 bits per heavy atom. The van der Waals surface area contributed by atoms with Gasteiger partial charge in [0.2, 0.25) is 0 Å². The molecule has 1 heterocycles. The molecule has 0 unspecified atom stereocenters. The van der Waals surface area contributed by atoms with Crippen LogP contribution < -0.4 is 56.8 Å². The van der Waals surface area contributed by atoms with Crippen LogP contribution in [0.4, 0.5) is 12.9 Å². The number of halogens is 3. The van der Waals surface area contributed by atoms with E-state index in [9.17, 15) is 17.7 Å². The van der Waals surface area contributed by atoms with Gasteiger partial charge in [-0.25, -0.2) is 0 Å². The second kappa shape index (κ2) is 5.09. The quantitative estimate of drug-likeness (QED) is 0.472. The molecule has 0 aliphatic rings. The summed E-state index contributed by atoms with van der Waals surface area (Å²) in [6.07, 6.45) is 0. The molecule has 0 amide bonds. The van der Waals surface area contributed by atoms with Crippen molar-refractivity contribution in [1.82, 2.24) is 0 Å². The Labute approximate surface area is 120 Å². The van der Waals surface area contributed by atoms with Gasteiger partial charge < -0.3 is 12.9 Å². The molecule has 1 nitrogen and oxygen atoms in total. The van der Waals surface area contributed by atoms with Crippen LogP contribution in [0.2, 0.25) is 0 Å². The van der Waals surface area contributed by atoms with Crippen molar-refractivity contribution in [2.45, 2.75) is 6.92 Å². The minimum absolute atomic E-state index is 0. The van der Waals surface area contributed by atoms with Gasteiger partial charge in [-0.3, -0.25) is 4.79 Å². The molecule has 0 N–H and O–H groups in total. The summed E-state index contributed by atoms with van der Waals surface area (Å²) in [6.45, 7) is -3.90. The third kappa shape index (κ3) is 3.49. The number of rotatable bonds is 2. The molecule has 0 fully saturated rings. The van der Waals surface area contributed by atoms with Crippen molar-refractivity contribution in [3.63, 3.8) is 0 Å². The molecule has 0 aromatic carbocycles. The molecule has 0 aliphatic heterocycles. The van der Waals surface area contributed by atoms with Crippen LogP contribution in [-0.4, -0.2) is 12.8 Å². The van der Waals surface area contributed by atoms with Gasteiger partial charge in [0, 0.05) is 4.88 Å². The van der Waals surface area contributed by atoms with Crippen LogP contribution in [0.25, 0.3) is 0 Å². The van der Waals surface area contributed by atoms with Gasteiger partial charge in [0.25, 0.3) is 0 Å². The van der Waals surface area contributed by atoms with E-state index in [2.05, 4.69) is 0 Å². The third-order valence-electron chi connectivity index (χ3n) is 1.37. The summed E-state index contributed by atoms with van der Waals surface area (Å²) in [6, 6.07) is 0.946. The fourth-order valence-corrected chi connectivity index (χ4v) is 1.72. The maximum Gasteiger partial charge on any atom is 1.00 e. The van der Waals surface area contributed by atoms with Crippen molar-refractivity contribution in [1.29, 1.82) is 0 Å². The van der Waals surface area contributed by atoms with Crippen LogP contribution in [0.15, 0.2) is 11.4 Å². The number of carbonyl (C=O) groups is 1. The summed E-state index contributed by atoms with van der Waals surface area (Å²) >= 11 is 0.831. The zero-order valence-electron chi connectivity index (χ0n) is 7.18. The average Bonchev–Trinajstić information content (AvgIpc) is 2.30.